The van der Waals surface area contributed by atoms with Gasteiger partial charge in [0.2, 0.25) is 0 Å². The monoisotopic (exact) mass is 290 g/mol. The van der Waals surface area contributed by atoms with Crippen molar-refractivity contribution in [1.82, 2.24) is 0 Å². The van der Waals surface area contributed by atoms with Crippen molar-refractivity contribution in [3.8, 4) is 0 Å². The second kappa shape index (κ2) is 7.99. The normalized spacial score (nSPS) is 24.6. The summed E-state index contributed by atoms with van der Waals surface area (Å²) >= 11 is 0. The first-order valence-corrected chi connectivity index (χ1v) is 9.42. The summed E-state index contributed by atoms with van der Waals surface area (Å²) in [7, 11) is 1.17. The molecule has 1 aliphatic rings. The molecule has 1 aromatic rings. The lowest BCUT2D eigenvalue weighted by molar-refractivity contribution is -0.0273. The standard InChI is InChI=1S/C18H30OSi/c1-2-3-5-12-17(16-10-6-4-7-11-16)15-18(20)13-8-9-14-19-18/h4,6-7,10-11,17H,2-3,5,8-9,12-15H2,1,20H3. The van der Waals surface area contributed by atoms with Crippen LogP contribution in [-0.4, -0.2) is 22.1 Å². The molecule has 2 rings (SSSR count). The maximum atomic E-state index is 6.19. The summed E-state index contributed by atoms with van der Waals surface area (Å²) in [5.41, 5.74) is 1.52. The SMILES string of the molecule is CCCCCC(CC1([SiH3])CCCCO1)c1ccccc1. The molecule has 0 saturated carbocycles. The molecule has 2 atom stereocenters. The molecule has 1 nitrogen and oxygen atoms in total. The van der Waals surface area contributed by atoms with Crippen LogP contribution in [0.25, 0.3) is 0 Å². The van der Waals surface area contributed by atoms with Gasteiger partial charge in [0.05, 0.1) is 0 Å². The Morgan fingerprint density at radius 3 is 2.65 bits per heavy atom. The molecule has 0 radical (unpaired) electrons. The summed E-state index contributed by atoms with van der Waals surface area (Å²) in [6, 6.07) is 11.1. The zero-order chi connectivity index (χ0) is 14.3. The van der Waals surface area contributed by atoms with Crippen LogP contribution in [0.15, 0.2) is 30.3 Å². The largest absolute Gasteiger partial charge is 0.380 e. The first-order chi connectivity index (χ1) is 9.73. The van der Waals surface area contributed by atoms with Gasteiger partial charge in [0, 0.05) is 22.1 Å². The van der Waals surface area contributed by atoms with E-state index in [4.69, 9.17) is 4.74 Å². The number of hydrogen-bond acceptors (Lipinski definition) is 1. The zero-order valence-electron chi connectivity index (χ0n) is 13.2. The van der Waals surface area contributed by atoms with E-state index < -0.39 is 0 Å². The maximum absolute atomic E-state index is 6.19. The fourth-order valence-electron chi connectivity index (χ4n) is 3.43. The fraction of sp³-hybridized carbons (Fsp3) is 0.667. The van der Waals surface area contributed by atoms with Crippen LogP contribution in [0.1, 0.15) is 69.8 Å². The lowest BCUT2D eigenvalue weighted by Crippen LogP contribution is -2.38. The summed E-state index contributed by atoms with van der Waals surface area (Å²) in [5, 5.41) is 0.241. The highest BCUT2D eigenvalue weighted by Gasteiger charge is 2.31. The van der Waals surface area contributed by atoms with Crippen molar-refractivity contribution >= 4 is 10.2 Å². The van der Waals surface area contributed by atoms with E-state index in [1.54, 1.807) is 0 Å². The second-order valence-electron chi connectivity index (χ2n) is 6.56. The van der Waals surface area contributed by atoms with Gasteiger partial charge in [-0.15, -0.1) is 0 Å². The Morgan fingerprint density at radius 2 is 2.00 bits per heavy atom. The average Bonchev–Trinajstić information content (AvgIpc) is 2.48. The Balaban J connectivity index is 2.01. The molecule has 0 bridgehead atoms. The Morgan fingerprint density at radius 1 is 1.20 bits per heavy atom. The van der Waals surface area contributed by atoms with Crippen molar-refractivity contribution in [2.45, 2.75) is 69.4 Å². The maximum Gasteiger partial charge on any atom is 0.0491 e. The third-order valence-corrected chi connectivity index (χ3v) is 5.85. The van der Waals surface area contributed by atoms with Crippen LogP contribution < -0.4 is 0 Å². The van der Waals surface area contributed by atoms with E-state index in [9.17, 15) is 0 Å². The molecule has 1 fully saturated rings. The molecule has 0 aromatic heterocycles. The van der Waals surface area contributed by atoms with Gasteiger partial charge in [-0.1, -0.05) is 56.5 Å². The van der Waals surface area contributed by atoms with E-state index in [2.05, 4.69) is 37.3 Å². The van der Waals surface area contributed by atoms with Crippen molar-refractivity contribution in [2.24, 2.45) is 0 Å². The molecule has 20 heavy (non-hydrogen) atoms. The van der Waals surface area contributed by atoms with Crippen LogP contribution in [0.4, 0.5) is 0 Å². The van der Waals surface area contributed by atoms with E-state index in [1.807, 2.05) is 0 Å². The number of benzene rings is 1. The molecular formula is C18H30OSi. The Labute approximate surface area is 127 Å². The molecule has 1 aliphatic heterocycles. The first-order valence-electron chi connectivity index (χ1n) is 8.42. The lowest BCUT2D eigenvalue weighted by Gasteiger charge is -2.37. The van der Waals surface area contributed by atoms with E-state index in [0.717, 1.165) is 6.61 Å². The minimum absolute atomic E-state index is 0.241. The predicted octanol–water partition coefficient (Wildman–Crippen LogP) is 4.00. The van der Waals surface area contributed by atoms with Gasteiger partial charge < -0.3 is 4.74 Å². The van der Waals surface area contributed by atoms with Crippen LogP contribution in [0, 0.1) is 0 Å². The van der Waals surface area contributed by atoms with Crippen molar-refractivity contribution in [1.29, 1.82) is 0 Å². The molecule has 2 heteroatoms. The quantitative estimate of drug-likeness (QED) is 0.545. The smallest absolute Gasteiger partial charge is 0.0491 e. The van der Waals surface area contributed by atoms with E-state index >= 15 is 0 Å². The summed E-state index contributed by atoms with van der Waals surface area (Å²) < 4.78 is 6.19. The van der Waals surface area contributed by atoms with Crippen LogP contribution in [0.2, 0.25) is 0 Å². The molecule has 1 saturated heterocycles. The van der Waals surface area contributed by atoms with Crippen molar-refractivity contribution in [3.05, 3.63) is 35.9 Å². The number of hydrogen-bond donors (Lipinski definition) is 0. The fourth-order valence-corrected chi connectivity index (χ4v) is 4.48. The van der Waals surface area contributed by atoms with Gasteiger partial charge in [0.1, 0.15) is 0 Å². The molecule has 0 amide bonds. The summed E-state index contributed by atoms with van der Waals surface area (Å²) in [6.45, 7) is 3.27. The van der Waals surface area contributed by atoms with Crippen molar-refractivity contribution in [2.75, 3.05) is 6.61 Å². The summed E-state index contributed by atoms with van der Waals surface area (Å²) in [4.78, 5) is 0. The van der Waals surface area contributed by atoms with E-state index in [-0.39, 0.29) is 5.22 Å². The Kier molecular flexibility index (Phi) is 6.30. The highest BCUT2D eigenvalue weighted by Crippen LogP contribution is 2.35. The lowest BCUT2D eigenvalue weighted by atomic mass is 9.86. The van der Waals surface area contributed by atoms with Crippen molar-refractivity contribution in [3.63, 3.8) is 0 Å². The summed E-state index contributed by atoms with van der Waals surface area (Å²) in [6.07, 6.45) is 10.5. The topological polar surface area (TPSA) is 9.23 Å². The third kappa shape index (κ3) is 4.74. The number of ether oxygens (including phenoxy) is 1. The molecule has 112 valence electrons. The summed E-state index contributed by atoms with van der Waals surface area (Å²) in [5.74, 6) is 0.693. The third-order valence-electron chi connectivity index (χ3n) is 4.66. The molecule has 1 aromatic carbocycles. The van der Waals surface area contributed by atoms with Gasteiger partial charge in [-0.3, -0.25) is 0 Å². The Hall–Kier alpha value is -0.603. The molecule has 1 heterocycles. The van der Waals surface area contributed by atoms with Crippen LogP contribution in [0.5, 0.6) is 0 Å². The van der Waals surface area contributed by atoms with Crippen LogP contribution in [0.3, 0.4) is 0 Å². The molecule has 2 unspecified atom stereocenters. The van der Waals surface area contributed by atoms with Crippen LogP contribution in [-0.2, 0) is 4.74 Å². The molecule has 0 aliphatic carbocycles. The number of rotatable bonds is 7. The zero-order valence-corrected chi connectivity index (χ0v) is 15.2. The number of unbranched alkanes of at least 4 members (excludes halogenated alkanes) is 2. The predicted molar refractivity (Wildman–Crippen MR) is 90.4 cm³/mol. The minimum Gasteiger partial charge on any atom is -0.380 e. The van der Waals surface area contributed by atoms with Gasteiger partial charge >= 0.3 is 0 Å². The molecule has 0 N–H and O–H groups in total. The average molecular weight is 291 g/mol. The van der Waals surface area contributed by atoms with Crippen LogP contribution >= 0.6 is 0 Å². The highest BCUT2D eigenvalue weighted by molar-refractivity contribution is 6.14. The highest BCUT2D eigenvalue weighted by atomic mass is 28.1. The Bertz CT molecular complexity index is 370. The van der Waals surface area contributed by atoms with E-state index in [1.165, 1.54) is 67.2 Å². The van der Waals surface area contributed by atoms with Gasteiger partial charge in [-0.2, -0.15) is 0 Å². The van der Waals surface area contributed by atoms with Gasteiger partial charge in [-0.25, -0.2) is 0 Å². The van der Waals surface area contributed by atoms with Gasteiger partial charge in [-0.05, 0) is 43.6 Å². The van der Waals surface area contributed by atoms with Gasteiger partial charge in [0.15, 0.2) is 0 Å². The van der Waals surface area contributed by atoms with E-state index in [0.29, 0.717) is 5.92 Å². The first kappa shape index (κ1) is 15.8. The van der Waals surface area contributed by atoms with Crippen molar-refractivity contribution < 1.29 is 4.74 Å². The molecular weight excluding hydrogens is 260 g/mol. The van der Waals surface area contributed by atoms with Gasteiger partial charge in [0.25, 0.3) is 0 Å². The second-order valence-corrected chi connectivity index (χ2v) is 8.39. The minimum atomic E-state index is 0.241. The molecule has 0 spiro atoms.